The molecule has 31 heavy (non-hydrogen) atoms. The lowest BCUT2D eigenvalue weighted by Gasteiger charge is -2.31. The van der Waals surface area contributed by atoms with Crippen molar-refractivity contribution in [2.45, 2.75) is 89.9 Å². The quantitative estimate of drug-likeness (QED) is 0.389. The average Bonchev–Trinajstić information content (AvgIpc) is 2.82. The van der Waals surface area contributed by atoms with Crippen molar-refractivity contribution in [1.82, 2.24) is 0 Å². The predicted molar refractivity (Wildman–Crippen MR) is 127 cm³/mol. The molecule has 0 N–H and O–H groups in total. The molecule has 0 heterocycles. The van der Waals surface area contributed by atoms with E-state index in [9.17, 15) is 8.78 Å². The van der Waals surface area contributed by atoms with Crippen LogP contribution in [0.1, 0.15) is 94.6 Å². The number of allylic oxidation sites excluding steroid dienone is 1. The summed E-state index contributed by atoms with van der Waals surface area (Å²) in [4.78, 5) is 0. The van der Waals surface area contributed by atoms with Crippen molar-refractivity contribution in [2.24, 2.45) is 17.8 Å². The van der Waals surface area contributed by atoms with Gasteiger partial charge in [0, 0.05) is 5.39 Å². The molecule has 0 nitrogen and oxygen atoms in total. The molecule has 2 heteroatoms. The first-order chi connectivity index (χ1) is 15.1. The molecular weight excluding hydrogens is 386 g/mol. The van der Waals surface area contributed by atoms with E-state index in [-0.39, 0.29) is 0 Å². The van der Waals surface area contributed by atoms with E-state index in [4.69, 9.17) is 0 Å². The highest BCUT2D eigenvalue weighted by Gasteiger charge is 2.25. The minimum absolute atomic E-state index is 0.451. The van der Waals surface area contributed by atoms with Crippen molar-refractivity contribution in [3.8, 4) is 0 Å². The molecule has 2 fully saturated rings. The van der Waals surface area contributed by atoms with Crippen LogP contribution in [0.15, 0.2) is 36.9 Å². The topological polar surface area (TPSA) is 0 Å². The van der Waals surface area contributed by atoms with Gasteiger partial charge in [0.15, 0.2) is 11.6 Å². The lowest BCUT2D eigenvalue weighted by molar-refractivity contribution is 0.246. The fourth-order valence-corrected chi connectivity index (χ4v) is 6.07. The SMILES string of the molecule is C=CC1CCC(CCC2CCC(c3ccc4cc(CCC)c(F)c(F)c4c3)CC2)CC1. The lowest BCUT2D eigenvalue weighted by Crippen LogP contribution is -2.17. The molecule has 2 saturated carbocycles. The number of rotatable bonds is 7. The zero-order valence-electron chi connectivity index (χ0n) is 19.1. The zero-order chi connectivity index (χ0) is 21.8. The summed E-state index contributed by atoms with van der Waals surface area (Å²) in [5, 5.41) is 1.28. The molecule has 0 aliphatic heterocycles. The molecule has 4 rings (SSSR count). The van der Waals surface area contributed by atoms with Gasteiger partial charge in [0.25, 0.3) is 0 Å². The first kappa shape index (κ1) is 22.5. The van der Waals surface area contributed by atoms with E-state index in [1.54, 1.807) is 0 Å². The predicted octanol–water partition coefficient (Wildman–Crippen LogP) is 9.12. The Morgan fingerprint density at radius 1 is 0.871 bits per heavy atom. The molecule has 0 saturated heterocycles. The molecule has 0 bridgehead atoms. The maximum absolute atomic E-state index is 14.7. The largest absolute Gasteiger partial charge is 0.203 e. The van der Waals surface area contributed by atoms with Gasteiger partial charge in [-0.1, -0.05) is 44.4 Å². The number of fused-ring (bicyclic) bond motifs is 1. The van der Waals surface area contributed by atoms with E-state index in [1.165, 1.54) is 69.8 Å². The summed E-state index contributed by atoms with van der Waals surface area (Å²) in [5.41, 5.74) is 1.69. The molecular formula is C29H38F2. The third-order valence-corrected chi connectivity index (χ3v) is 8.16. The third-order valence-electron chi connectivity index (χ3n) is 8.16. The maximum atomic E-state index is 14.7. The number of hydrogen-bond acceptors (Lipinski definition) is 0. The first-order valence-electron chi connectivity index (χ1n) is 12.6. The van der Waals surface area contributed by atoms with Crippen LogP contribution in [0.2, 0.25) is 0 Å². The van der Waals surface area contributed by atoms with Gasteiger partial charge in [-0.25, -0.2) is 8.78 Å². The summed E-state index contributed by atoms with van der Waals surface area (Å²) in [6.45, 7) is 5.95. The van der Waals surface area contributed by atoms with Gasteiger partial charge in [-0.2, -0.15) is 0 Å². The summed E-state index contributed by atoms with van der Waals surface area (Å²) < 4.78 is 29.2. The van der Waals surface area contributed by atoms with Gasteiger partial charge in [-0.3, -0.25) is 0 Å². The molecule has 0 unspecified atom stereocenters. The molecule has 0 amide bonds. The van der Waals surface area contributed by atoms with Crippen molar-refractivity contribution in [2.75, 3.05) is 0 Å². The third kappa shape index (κ3) is 5.21. The molecule has 0 spiro atoms. The molecule has 0 radical (unpaired) electrons. The summed E-state index contributed by atoms with van der Waals surface area (Å²) in [6, 6.07) is 7.91. The van der Waals surface area contributed by atoms with E-state index >= 15 is 0 Å². The molecule has 2 aliphatic rings. The lowest BCUT2D eigenvalue weighted by atomic mass is 9.74. The van der Waals surface area contributed by atoms with Crippen molar-refractivity contribution in [3.63, 3.8) is 0 Å². The molecule has 2 aromatic rings. The van der Waals surface area contributed by atoms with Gasteiger partial charge in [0.05, 0.1) is 0 Å². The van der Waals surface area contributed by atoms with Crippen LogP contribution >= 0.6 is 0 Å². The van der Waals surface area contributed by atoms with E-state index in [1.807, 2.05) is 25.1 Å². The van der Waals surface area contributed by atoms with Crippen LogP contribution < -0.4 is 0 Å². The van der Waals surface area contributed by atoms with E-state index in [0.717, 1.165) is 29.6 Å². The van der Waals surface area contributed by atoms with Gasteiger partial charge in [-0.05, 0) is 110 Å². The average molecular weight is 425 g/mol. The van der Waals surface area contributed by atoms with Crippen LogP contribution in [0.4, 0.5) is 8.78 Å². The summed E-state index contributed by atoms with van der Waals surface area (Å²) in [5.74, 6) is 1.69. The number of aryl methyl sites for hydroxylation is 1. The Balaban J connectivity index is 1.33. The molecule has 168 valence electrons. The molecule has 0 aromatic heterocycles. The van der Waals surface area contributed by atoms with Gasteiger partial charge >= 0.3 is 0 Å². The zero-order valence-corrected chi connectivity index (χ0v) is 19.1. The highest BCUT2D eigenvalue weighted by atomic mass is 19.2. The second kappa shape index (κ2) is 10.3. The highest BCUT2D eigenvalue weighted by molar-refractivity contribution is 5.85. The van der Waals surface area contributed by atoms with E-state index in [0.29, 0.717) is 23.3 Å². The summed E-state index contributed by atoms with van der Waals surface area (Å²) in [6.07, 6.45) is 16.6. The van der Waals surface area contributed by atoms with Gasteiger partial charge in [0.1, 0.15) is 0 Å². The Bertz CT molecular complexity index is 883. The van der Waals surface area contributed by atoms with Crippen LogP contribution in [0.5, 0.6) is 0 Å². The van der Waals surface area contributed by atoms with Crippen LogP contribution in [-0.4, -0.2) is 0 Å². The Hall–Kier alpha value is -1.70. The molecule has 2 aliphatic carbocycles. The van der Waals surface area contributed by atoms with Crippen molar-refractivity contribution >= 4 is 10.8 Å². The number of hydrogen-bond donors (Lipinski definition) is 0. The maximum Gasteiger partial charge on any atom is 0.166 e. The second-order valence-corrected chi connectivity index (χ2v) is 10.2. The normalized spacial score (nSPS) is 26.8. The first-order valence-corrected chi connectivity index (χ1v) is 12.6. The Labute approximate surface area is 187 Å². The monoisotopic (exact) mass is 424 g/mol. The fraction of sp³-hybridized carbons (Fsp3) is 0.586. The number of benzene rings is 2. The van der Waals surface area contributed by atoms with Gasteiger partial charge in [0.2, 0.25) is 0 Å². The smallest absolute Gasteiger partial charge is 0.166 e. The number of halogens is 2. The Morgan fingerprint density at radius 2 is 1.52 bits per heavy atom. The van der Waals surface area contributed by atoms with Crippen molar-refractivity contribution in [1.29, 1.82) is 0 Å². The summed E-state index contributed by atoms with van der Waals surface area (Å²) in [7, 11) is 0. The minimum Gasteiger partial charge on any atom is -0.203 e. The van der Waals surface area contributed by atoms with Crippen molar-refractivity contribution in [3.05, 3.63) is 59.7 Å². The van der Waals surface area contributed by atoms with Crippen LogP contribution in [-0.2, 0) is 6.42 Å². The van der Waals surface area contributed by atoms with E-state index in [2.05, 4.69) is 18.7 Å². The van der Waals surface area contributed by atoms with Crippen LogP contribution in [0, 0.1) is 29.4 Å². The highest BCUT2D eigenvalue weighted by Crippen LogP contribution is 2.40. The minimum atomic E-state index is -0.664. The van der Waals surface area contributed by atoms with Crippen LogP contribution in [0.3, 0.4) is 0 Å². The van der Waals surface area contributed by atoms with Gasteiger partial charge in [-0.15, -0.1) is 6.58 Å². The fourth-order valence-electron chi connectivity index (χ4n) is 6.07. The van der Waals surface area contributed by atoms with E-state index < -0.39 is 11.6 Å². The standard InChI is InChI=1S/C29H38F2/c1-3-5-26-18-25-17-16-24(19-27(25)29(31)28(26)30)23-14-12-22(13-15-23)11-10-21-8-6-20(4-2)7-9-21/h4,16-23H,2-3,5-15H2,1H3. The van der Waals surface area contributed by atoms with Crippen molar-refractivity contribution < 1.29 is 8.78 Å². The van der Waals surface area contributed by atoms with Crippen LogP contribution in [0.25, 0.3) is 10.8 Å². The molecule has 2 aromatic carbocycles. The van der Waals surface area contributed by atoms with Gasteiger partial charge < -0.3 is 0 Å². The summed E-state index contributed by atoms with van der Waals surface area (Å²) >= 11 is 0. The second-order valence-electron chi connectivity index (χ2n) is 10.2. The Morgan fingerprint density at radius 3 is 2.13 bits per heavy atom. The molecule has 0 atom stereocenters. The Kier molecular flexibility index (Phi) is 7.46.